The van der Waals surface area contributed by atoms with Crippen LogP contribution in [0.15, 0.2) is 41.6 Å². The van der Waals surface area contributed by atoms with Gasteiger partial charge in [-0.3, -0.25) is 9.69 Å². The van der Waals surface area contributed by atoms with E-state index < -0.39 is 0 Å². The van der Waals surface area contributed by atoms with Crippen molar-refractivity contribution in [2.75, 3.05) is 19.8 Å². The van der Waals surface area contributed by atoms with Crippen molar-refractivity contribution < 1.29 is 4.79 Å². The molecule has 0 aliphatic heterocycles. The van der Waals surface area contributed by atoms with Crippen molar-refractivity contribution in [1.29, 1.82) is 0 Å². The summed E-state index contributed by atoms with van der Waals surface area (Å²) in [6.45, 7) is 10.1. The Morgan fingerprint density at radius 2 is 1.82 bits per heavy atom. The molecule has 0 bridgehead atoms. The molecule has 0 fully saturated rings. The maximum Gasteiger partial charge on any atom is 0.191 e. The van der Waals surface area contributed by atoms with Gasteiger partial charge in [-0.2, -0.15) is 0 Å². The minimum absolute atomic E-state index is 0.138. The zero-order valence-corrected chi connectivity index (χ0v) is 21.7. The van der Waals surface area contributed by atoms with Crippen molar-refractivity contribution >= 4 is 17.5 Å². The lowest BCUT2D eigenvalue weighted by atomic mass is 10.2. The molecule has 2 heterocycles. The number of aromatic nitrogens is 4. The molecule has 3 aromatic rings. The van der Waals surface area contributed by atoms with E-state index in [0.29, 0.717) is 5.75 Å². The van der Waals surface area contributed by atoms with E-state index in [4.69, 9.17) is 0 Å². The van der Waals surface area contributed by atoms with Gasteiger partial charge in [0.1, 0.15) is 0 Å². The average Bonchev–Trinajstić information content (AvgIpc) is 3.32. The Kier molecular flexibility index (Phi) is 8.92. The molecule has 33 heavy (non-hydrogen) atoms. The number of carbonyl (C=O) groups is 1. The van der Waals surface area contributed by atoms with E-state index in [-0.39, 0.29) is 11.8 Å². The van der Waals surface area contributed by atoms with Crippen LogP contribution in [0.3, 0.4) is 0 Å². The van der Waals surface area contributed by atoms with Gasteiger partial charge in [0.25, 0.3) is 0 Å². The van der Waals surface area contributed by atoms with E-state index >= 15 is 0 Å². The number of thioether (sulfide) groups is 1. The van der Waals surface area contributed by atoms with E-state index in [9.17, 15) is 4.79 Å². The third-order valence-corrected chi connectivity index (χ3v) is 7.15. The van der Waals surface area contributed by atoms with Crippen molar-refractivity contribution in [3.63, 3.8) is 0 Å². The Balaban J connectivity index is 1.77. The lowest BCUT2D eigenvalue weighted by Crippen LogP contribution is -2.23. The zero-order valence-electron chi connectivity index (χ0n) is 20.8. The second-order valence-electron chi connectivity index (χ2n) is 8.80. The van der Waals surface area contributed by atoms with Gasteiger partial charge in [-0.15, -0.1) is 10.2 Å². The molecule has 2 aromatic heterocycles. The monoisotopic (exact) mass is 467 g/mol. The molecule has 0 radical (unpaired) electrons. The highest BCUT2D eigenvalue weighted by Gasteiger charge is 2.23. The van der Waals surface area contributed by atoms with Crippen LogP contribution in [0, 0.1) is 13.8 Å². The molecule has 1 unspecified atom stereocenters. The number of ketones is 1. The fourth-order valence-electron chi connectivity index (χ4n) is 4.26. The Morgan fingerprint density at radius 1 is 1.09 bits per heavy atom. The first-order chi connectivity index (χ1) is 15.9. The van der Waals surface area contributed by atoms with Gasteiger partial charge in [0.15, 0.2) is 16.8 Å². The number of Topliss-reactive ketones (excluding diaryl/α,β-unsaturated/α-hetero) is 1. The largest absolute Gasteiger partial charge is 0.344 e. The number of unbranched alkanes of at least 4 members (excludes halogenated alkanes) is 1. The quantitative estimate of drug-likeness (QED) is 0.259. The summed E-state index contributed by atoms with van der Waals surface area (Å²) in [4.78, 5) is 15.4. The first kappa shape index (κ1) is 25.2. The minimum Gasteiger partial charge on any atom is -0.344 e. The second kappa shape index (κ2) is 11.7. The van der Waals surface area contributed by atoms with Gasteiger partial charge in [0.2, 0.25) is 0 Å². The molecular formula is C26H37N5OS. The third-order valence-electron chi connectivity index (χ3n) is 6.18. The molecule has 0 saturated carbocycles. The van der Waals surface area contributed by atoms with Gasteiger partial charge < -0.3 is 9.13 Å². The van der Waals surface area contributed by atoms with E-state index in [1.165, 1.54) is 17.3 Å². The van der Waals surface area contributed by atoms with Crippen LogP contribution < -0.4 is 0 Å². The lowest BCUT2D eigenvalue weighted by molar-refractivity contribution is 0.102. The number of carbonyl (C=O) groups excluding carboxylic acids is 1. The SMILES string of the molecule is CCCCn1c(SCC(=O)c2cc(C)n(Cc3ccccc3)c2C)nnc1C(CC)N(C)C. The van der Waals surface area contributed by atoms with Gasteiger partial charge >= 0.3 is 0 Å². The van der Waals surface area contributed by atoms with Crippen LogP contribution in [0.25, 0.3) is 0 Å². The van der Waals surface area contributed by atoms with Crippen LogP contribution in [0.4, 0.5) is 0 Å². The van der Waals surface area contributed by atoms with E-state index in [0.717, 1.165) is 60.3 Å². The fraction of sp³-hybridized carbons (Fsp3) is 0.500. The number of hydrogen-bond acceptors (Lipinski definition) is 5. The van der Waals surface area contributed by atoms with E-state index in [1.54, 1.807) is 0 Å². The highest BCUT2D eigenvalue weighted by atomic mass is 32.2. The van der Waals surface area contributed by atoms with Crippen LogP contribution in [0.2, 0.25) is 0 Å². The molecule has 0 spiro atoms. The lowest BCUT2D eigenvalue weighted by Gasteiger charge is -2.23. The van der Waals surface area contributed by atoms with Crippen molar-refractivity contribution in [3.05, 3.63) is 64.7 Å². The zero-order chi connectivity index (χ0) is 24.0. The molecule has 1 atom stereocenters. The van der Waals surface area contributed by atoms with Crippen molar-refractivity contribution in [2.24, 2.45) is 0 Å². The van der Waals surface area contributed by atoms with Crippen molar-refractivity contribution in [1.82, 2.24) is 24.2 Å². The smallest absolute Gasteiger partial charge is 0.191 e. The summed E-state index contributed by atoms with van der Waals surface area (Å²) >= 11 is 1.50. The summed E-state index contributed by atoms with van der Waals surface area (Å²) in [5.74, 6) is 1.49. The van der Waals surface area contributed by atoms with Crippen molar-refractivity contribution in [3.8, 4) is 0 Å². The predicted molar refractivity (Wildman–Crippen MR) is 136 cm³/mol. The molecule has 6 nitrogen and oxygen atoms in total. The minimum atomic E-state index is 0.138. The van der Waals surface area contributed by atoms with Gasteiger partial charge in [-0.1, -0.05) is 62.4 Å². The van der Waals surface area contributed by atoms with Crippen LogP contribution >= 0.6 is 11.8 Å². The molecule has 0 amide bonds. The molecule has 1 aromatic carbocycles. The van der Waals surface area contributed by atoms with Gasteiger partial charge in [-0.05, 0) is 52.4 Å². The molecule has 0 saturated heterocycles. The molecule has 178 valence electrons. The summed E-state index contributed by atoms with van der Waals surface area (Å²) in [6, 6.07) is 12.6. The van der Waals surface area contributed by atoms with Crippen molar-refractivity contribution in [2.45, 2.75) is 71.2 Å². The highest BCUT2D eigenvalue weighted by molar-refractivity contribution is 7.99. The fourth-order valence-corrected chi connectivity index (χ4v) is 5.11. The average molecular weight is 468 g/mol. The third kappa shape index (κ3) is 5.95. The van der Waals surface area contributed by atoms with Crippen LogP contribution in [-0.2, 0) is 13.1 Å². The van der Waals surface area contributed by atoms with Crippen LogP contribution in [-0.4, -0.2) is 49.9 Å². The number of hydrogen-bond donors (Lipinski definition) is 0. The summed E-state index contributed by atoms with van der Waals surface area (Å²) in [7, 11) is 4.16. The Bertz CT molecular complexity index is 1050. The first-order valence-electron chi connectivity index (χ1n) is 11.8. The number of nitrogens with zero attached hydrogens (tertiary/aromatic N) is 5. The summed E-state index contributed by atoms with van der Waals surface area (Å²) < 4.78 is 4.44. The Hall–Kier alpha value is -2.38. The van der Waals surface area contributed by atoms with Gasteiger partial charge in [0, 0.05) is 30.0 Å². The molecule has 7 heteroatoms. The molecule has 0 aliphatic carbocycles. The van der Waals surface area contributed by atoms with Gasteiger partial charge in [-0.25, -0.2) is 0 Å². The summed E-state index contributed by atoms with van der Waals surface area (Å²) in [5.41, 5.74) is 4.16. The standard InChI is InChI=1S/C26H37N5OS/c1-7-9-15-30-25(23(8-2)29(5)6)27-28-26(30)33-18-24(32)22-16-19(3)31(20(22)4)17-21-13-11-10-12-14-21/h10-14,16,23H,7-9,15,17-18H2,1-6H3. The predicted octanol–water partition coefficient (Wildman–Crippen LogP) is 5.53. The second-order valence-corrected chi connectivity index (χ2v) is 9.74. The van der Waals surface area contributed by atoms with E-state index in [1.807, 2.05) is 19.1 Å². The maximum atomic E-state index is 13.2. The number of rotatable bonds is 12. The molecular weight excluding hydrogens is 430 g/mol. The molecule has 0 aliphatic rings. The Labute approximate surface area is 202 Å². The molecule has 0 N–H and O–H groups in total. The van der Waals surface area contributed by atoms with Crippen LogP contribution in [0.5, 0.6) is 0 Å². The highest BCUT2D eigenvalue weighted by Crippen LogP contribution is 2.27. The number of benzene rings is 1. The Morgan fingerprint density at radius 3 is 2.45 bits per heavy atom. The van der Waals surface area contributed by atoms with Gasteiger partial charge in [0.05, 0.1) is 11.8 Å². The first-order valence-corrected chi connectivity index (χ1v) is 12.8. The summed E-state index contributed by atoms with van der Waals surface area (Å²) in [5, 5.41) is 9.85. The maximum absolute atomic E-state index is 13.2. The van der Waals surface area contributed by atoms with Crippen LogP contribution in [0.1, 0.15) is 72.3 Å². The number of aryl methyl sites for hydroxylation is 1. The summed E-state index contributed by atoms with van der Waals surface area (Å²) in [6.07, 6.45) is 3.14. The molecule has 3 rings (SSSR count). The normalized spacial score (nSPS) is 12.5. The topological polar surface area (TPSA) is 56.0 Å². The van der Waals surface area contributed by atoms with E-state index in [2.05, 4.69) is 83.4 Å².